The largest absolute Gasteiger partial charge is 0.487 e. The zero-order valence-corrected chi connectivity index (χ0v) is 10.6. The molecule has 0 atom stereocenters. The monoisotopic (exact) mass is 268 g/mol. The van der Waals surface area contributed by atoms with Gasteiger partial charge < -0.3 is 4.74 Å². The summed E-state index contributed by atoms with van der Waals surface area (Å²) in [6, 6.07) is 3.76. The zero-order chi connectivity index (χ0) is 11.2. The molecular weight excluding hydrogens is 256 g/mol. The molecule has 0 aliphatic carbocycles. The number of carbonyl (C=O) groups is 1. The lowest BCUT2D eigenvalue weighted by molar-refractivity contribution is 0.0619. The summed E-state index contributed by atoms with van der Waals surface area (Å²) in [6.07, 6.45) is 0.440. The van der Waals surface area contributed by atoms with E-state index in [4.69, 9.17) is 4.74 Å². The smallest absolute Gasteiger partial charge is 0.170 e. The van der Waals surface area contributed by atoms with Gasteiger partial charge in [-0.25, -0.2) is 0 Å². The van der Waals surface area contributed by atoms with Crippen LogP contribution < -0.4 is 4.74 Å². The predicted octanol–water partition coefficient (Wildman–Crippen LogP) is 3.50. The molecule has 0 saturated heterocycles. The normalized spacial score (nSPS) is 18.3. The van der Waals surface area contributed by atoms with Crippen LogP contribution in [0.3, 0.4) is 0 Å². The van der Waals surface area contributed by atoms with E-state index in [2.05, 4.69) is 15.9 Å². The average molecular weight is 269 g/mol. The SMILES string of the molecule is Cc1cc2c(cc1Br)C(=O)CC(C)(C)O2. The Kier molecular flexibility index (Phi) is 2.38. The maximum Gasteiger partial charge on any atom is 0.170 e. The molecule has 3 heteroatoms. The van der Waals surface area contributed by atoms with Gasteiger partial charge in [0.1, 0.15) is 11.4 Å². The van der Waals surface area contributed by atoms with Gasteiger partial charge in [-0.2, -0.15) is 0 Å². The highest BCUT2D eigenvalue weighted by Crippen LogP contribution is 2.36. The quantitative estimate of drug-likeness (QED) is 0.720. The van der Waals surface area contributed by atoms with E-state index in [0.29, 0.717) is 17.7 Å². The summed E-state index contributed by atoms with van der Waals surface area (Å²) in [4.78, 5) is 11.9. The number of Topliss-reactive ketones (excluding diaryl/α,β-unsaturated/α-hetero) is 1. The molecule has 0 radical (unpaired) electrons. The number of fused-ring (bicyclic) bond motifs is 1. The van der Waals surface area contributed by atoms with E-state index in [0.717, 1.165) is 10.0 Å². The molecule has 1 heterocycles. The van der Waals surface area contributed by atoms with Gasteiger partial charge in [0.2, 0.25) is 0 Å². The molecule has 1 aromatic carbocycles. The number of hydrogen-bond acceptors (Lipinski definition) is 2. The van der Waals surface area contributed by atoms with Crippen molar-refractivity contribution in [3.8, 4) is 5.75 Å². The van der Waals surface area contributed by atoms with Crippen LogP contribution in [0.25, 0.3) is 0 Å². The van der Waals surface area contributed by atoms with Crippen molar-refractivity contribution in [2.45, 2.75) is 32.8 Å². The van der Waals surface area contributed by atoms with Crippen LogP contribution in [0, 0.1) is 6.92 Å². The van der Waals surface area contributed by atoms with Crippen molar-refractivity contribution in [2.75, 3.05) is 0 Å². The molecule has 1 aliphatic rings. The van der Waals surface area contributed by atoms with Crippen molar-refractivity contribution < 1.29 is 9.53 Å². The summed E-state index contributed by atoms with van der Waals surface area (Å²) in [5.41, 5.74) is 1.38. The van der Waals surface area contributed by atoms with Crippen molar-refractivity contribution in [3.63, 3.8) is 0 Å². The van der Waals surface area contributed by atoms with Crippen LogP contribution in [-0.2, 0) is 0 Å². The number of ketones is 1. The predicted molar refractivity (Wildman–Crippen MR) is 62.5 cm³/mol. The fourth-order valence-electron chi connectivity index (χ4n) is 1.77. The van der Waals surface area contributed by atoms with Crippen LogP contribution in [0.2, 0.25) is 0 Å². The standard InChI is InChI=1S/C12H13BrO2/c1-7-4-11-8(5-9(7)13)10(14)6-12(2,3)15-11/h4-5H,6H2,1-3H3. The topological polar surface area (TPSA) is 26.3 Å². The molecule has 0 bridgehead atoms. The number of ether oxygens (including phenoxy) is 1. The molecule has 1 aromatic rings. The highest BCUT2D eigenvalue weighted by Gasteiger charge is 2.32. The molecule has 2 rings (SSSR count). The fourth-order valence-corrected chi connectivity index (χ4v) is 2.12. The summed E-state index contributed by atoms with van der Waals surface area (Å²) in [5, 5.41) is 0. The first-order valence-corrected chi connectivity index (χ1v) is 5.71. The lowest BCUT2D eigenvalue weighted by Gasteiger charge is -2.31. The minimum absolute atomic E-state index is 0.155. The third-order valence-corrected chi connectivity index (χ3v) is 3.39. The van der Waals surface area contributed by atoms with Gasteiger partial charge in [0.25, 0.3) is 0 Å². The summed E-state index contributed by atoms with van der Waals surface area (Å²) < 4.78 is 6.74. The Labute approximate surface area is 97.8 Å². The Balaban J connectivity index is 2.56. The molecule has 0 amide bonds. The third kappa shape index (κ3) is 1.93. The second-order valence-corrected chi connectivity index (χ2v) is 5.41. The number of halogens is 1. The van der Waals surface area contributed by atoms with Crippen molar-refractivity contribution in [2.24, 2.45) is 0 Å². The van der Waals surface area contributed by atoms with Crippen LogP contribution in [0.4, 0.5) is 0 Å². The van der Waals surface area contributed by atoms with E-state index in [-0.39, 0.29) is 11.4 Å². The van der Waals surface area contributed by atoms with Crippen LogP contribution in [0.5, 0.6) is 5.75 Å². The summed E-state index contributed by atoms with van der Waals surface area (Å²) in [5.74, 6) is 0.860. The number of benzene rings is 1. The van der Waals surface area contributed by atoms with Crippen LogP contribution in [0.15, 0.2) is 16.6 Å². The zero-order valence-electron chi connectivity index (χ0n) is 9.06. The number of hydrogen-bond donors (Lipinski definition) is 0. The van der Waals surface area contributed by atoms with Gasteiger partial charge in [-0.3, -0.25) is 4.79 Å². The summed E-state index contributed by atoms with van der Waals surface area (Å²) in [6.45, 7) is 5.86. The van der Waals surface area contributed by atoms with E-state index in [1.807, 2.05) is 32.9 Å². The van der Waals surface area contributed by atoms with Crippen LogP contribution in [-0.4, -0.2) is 11.4 Å². The Hall–Kier alpha value is -0.830. The van der Waals surface area contributed by atoms with Gasteiger partial charge in [-0.15, -0.1) is 0 Å². The molecule has 0 fully saturated rings. The van der Waals surface area contributed by atoms with Gasteiger partial charge >= 0.3 is 0 Å². The molecule has 0 N–H and O–H groups in total. The first-order valence-electron chi connectivity index (χ1n) is 4.91. The molecule has 0 aromatic heterocycles. The molecule has 1 aliphatic heterocycles. The minimum Gasteiger partial charge on any atom is -0.487 e. The second-order valence-electron chi connectivity index (χ2n) is 4.56. The summed E-state index contributed by atoms with van der Waals surface area (Å²) in [7, 11) is 0. The Bertz CT molecular complexity index is 435. The average Bonchev–Trinajstić information content (AvgIpc) is 2.07. The summed E-state index contributed by atoms with van der Waals surface area (Å²) >= 11 is 3.42. The van der Waals surface area contributed by atoms with Crippen molar-refractivity contribution in [3.05, 3.63) is 27.7 Å². The first kappa shape index (κ1) is 10.7. The maximum atomic E-state index is 11.9. The highest BCUT2D eigenvalue weighted by molar-refractivity contribution is 9.10. The minimum atomic E-state index is -0.385. The number of rotatable bonds is 0. The Morgan fingerprint density at radius 3 is 2.73 bits per heavy atom. The maximum absolute atomic E-state index is 11.9. The van der Waals surface area contributed by atoms with Crippen LogP contribution >= 0.6 is 15.9 Å². The molecule has 15 heavy (non-hydrogen) atoms. The van der Waals surface area contributed by atoms with Crippen molar-refractivity contribution >= 4 is 21.7 Å². The molecule has 80 valence electrons. The lowest BCUT2D eigenvalue weighted by atomic mass is 9.92. The van der Waals surface area contributed by atoms with E-state index in [1.54, 1.807) is 0 Å². The highest BCUT2D eigenvalue weighted by atomic mass is 79.9. The fraction of sp³-hybridized carbons (Fsp3) is 0.417. The molecular formula is C12H13BrO2. The van der Waals surface area contributed by atoms with Gasteiger partial charge in [0.05, 0.1) is 12.0 Å². The van der Waals surface area contributed by atoms with Crippen molar-refractivity contribution in [1.29, 1.82) is 0 Å². The Morgan fingerprint density at radius 2 is 2.07 bits per heavy atom. The third-order valence-electron chi connectivity index (χ3n) is 2.53. The van der Waals surface area contributed by atoms with Crippen LogP contribution in [0.1, 0.15) is 36.2 Å². The molecule has 0 spiro atoms. The number of aryl methyl sites for hydroxylation is 1. The van der Waals surface area contributed by atoms with Gasteiger partial charge in [0, 0.05) is 4.47 Å². The van der Waals surface area contributed by atoms with Gasteiger partial charge in [-0.1, -0.05) is 15.9 Å². The molecule has 0 saturated carbocycles. The van der Waals surface area contributed by atoms with E-state index in [9.17, 15) is 4.79 Å². The van der Waals surface area contributed by atoms with Gasteiger partial charge in [-0.05, 0) is 38.5 Å². The Morgan fingerprint density at radius 1 is 1.40 bits per heavy atom. The van der Waals surface area contributed by atoms with Gasteiger partial charge in [0.15, 0.2) is 5.78 Å². The molecule has 2 nitrogen and oxygen atoms in total. The van der Waals surface area contributed by atoms with Crippen molar-refractivity contribution in [1.82, 2.24) is 0 Å². The van der Waals surface area contributed by atoms with E-state index in [1.165, 1.54) is 0 Å². The second kappa shape index (κ2) is 3.34. The number of carbonyl (C=O) groups excluding carboxylic acids is 1. The van der Waals surface area contributed by atoms with E-state index >= 15 is 0 Å². The first-order chi connectivity index (χ1) is 6.89. The molecule has 0 unspecified atom stereocenters. The van der Waals surface area contributed by atoms with E-state index < -0.39 is 0 Å². The lowest BCUT2D eigenvalue weighted by Crippen LogP contribution is -2.35.